The fraction of sp³-hybridized carbons (Fsp3) is 0.188. The predicted octanol–water partition coefficient (Wildman–Crippen LogP) is 5.52. The number of benzene rings is 2. The van der Waals surface area contributed by atoms with E-state index < -0.39 is 0 Å². The molecule has 0 bridgehead atoms. The van der Waals surface area contributed by atoms with E-state index in [1.807, 2.05) is 54.8 Å². The highest BCUT2D eigenvalue weighted by Crippen LogP contribution is 2.38. The fourth-order valence-corrected chi connectivity index (χ4v) is 3.14. The Balaban J connectivity index is 0.00000176. The number of halogens is 3. The first-order valence-corrected chi connectivity index (χ1v) is 8.54. The first-order chi connectivity index (χ1) is 10.2. The topological polar surface area (TPSA) is 24.4 Å². The summed E-state index contributed by atoms with van der Waals surface area (Å²) in [6.07, 6.45) is 2.02. The molecule has 0 amide bonds. The lowest BCUT2D eigenvalue weighted by Gasteiger charge is -2.19. The van der Waals surface area contributed by atoms with Gasteiger partial charge in [0.2, 0.25) is 0 Å². The van der Waals surface area contributed by atoms with Crippen LogP contribution in [0.1, 0.15) is 23.2 Å². The van der Waals surface area contributed by atoms with Gasteiger partial charge >= 0.3 is 0 Å². The third kappa shape index (κ3) is 3.72. The van der Waals surface area contributed by atoms with Gasteiger partial charge in [-0.05, 0) is 41.6 Å². The molecular weight excluding hydrogens is 359 g/mol. The van der Waals surface area contributed by atoms with Crippen LogP contribution in [0, 0.1) is 0 Å². The van der Waals surface area contributed by atoms with E-state index in [-0.39, 0.29) is 24.5 Å². The van der Waals surface area contributed by atoms with Crippen LogP contribution in [0.2, 0.25) is 10.0 Å². The Hall–Kier alpha value is -0.870. The Kier molecular flexibility index (Phi) is 6.04. The van der Waals surface area contributed by atoms with Crippen LogP contribution < -0.4 is 5.32 Å². The zero-order valence-electron chi connectivity index (χ0n) is 11.8. The monoisotopic (exact) mass is 372 g/mol. The first-order valence-electron chi connectivity index (χ1n) is 6.56. The van der Waals surface area contributed by atoms with E-state index in [1.54, 1.807) is 11.8 Å². The van der Waals surface area contributed by atoms with E-state index in [2.05, 4.69) is 5.32 Å². The normalized spacial score (nSPS) is 20.0. The SMILES string of the molecule is CSC1=N[C@@H](c2ccc(Cl)cc2)[C@@H](c2ccc(Cl)cc2)N1.Cl. The molecule has 0 unspecified atom stereocenters. The summed E-state index contributed by atoms with van der Waals surface area (Å²) in [5.41, 5.74) is 2.32. The molecule has 0 aliphatic carbocycles. The van der Waals surface area contributed by atoms with Crippen molar-refractivity contribution in [3.63, 3.8) is 0 Å². The molecule has 1 N–H and O–H groups in total. The molecule has 2 aromatic carbocycles. The summed E-state index contributed by atoms with van der Waals surface area (Å²) < 4.78 is 0. The van der Waals surface area contributed by atoms with Crippen LogP contribution in [0.15, 0.2) is 53.5 Å². The van der Waals surface area contributed by atoms with Gasteiger partial charge in [0.1, 0.15) is 6.04 Å². The Morgan fingerprint density at radius 1 is 0.909 bits per heavy atom. The number of rotatable bonds is 2. The molecule has 0 fully saturated rings. The molecule has 0 spiro atoms. The van der Waals surface area contributed by atoms with Crippen molar-refractivity contribution in [1.29, 1.82) is 0 Å². The zero-order valence-corrected chi connectivity index (χ0v) is 14.9. The number of hydrogen-bond acceptors (Lipinski definition) is 3. The first kappa shape index (κ1) is 17.5. The maximum absolute atomic E-state index is 5.98. The minimum atomic E-state index is 0. The van der Waals surface area contributed by atoms with Crippen LogP contribution in [-0.2, 0) is 0 Å². The van der Waals surface area contributed by atoms with E-state index in [4.69, 9.17) is 28.2 Å². The lowest BCUT2D eigenvalue weighted by molar-refractivity contribution is 0.573. The maximum Gasteiger partial charge on any atom is 0.157 e. The average Bonchev–Trinajstić information content (AvgIpc) is 2.93. The lowest BCUT2D eigenvalue weighted by atomic mass is 9.95. The molecule has 1 aliphatic rings. The summed E-state index contributed by atoms with van der Waals surface area (Å²) in [4.78, 5) is 4.78. The van der Waals surface area contributed by atoms with Crippen LogP contribution >= 0.6 is 47.4 Å². The second kappa shape index (κ2) is 7.60. The van der Waals surface area contributed by atoms with Crippen LogP contribution in [0.4, 0.5) is 0 Å². The van der Waals surface area contributed by atoms with Crippen molar-refractivity contribution in [3.05, 3.63) is 69.7 Å². The molecule has 116 valence electrons. The minimum absolute atomic E-state index is 0. The summed E-state index contributed by atoms with van der Waals surface area (Å²) >= 11 is 13.6. The summed E-state index contributed by atoms with van der Waals surface area (Å²) in [6, 6.07) is 15.9. The molecule has 6 heteroatoms. The number of thioether (sulfide) groups is 1. The average molecular weight is 374 g/mol. The van der Waals surface area contributed by atoms with Crippen molar-refractivity contribution in [3.8, 4) is 0 Å². The van der Waals surface area contributed by atoms with Gasteiger partial charge in [-0.2, -0.15) is 0 Å². The van der Waals surface area contributed by atoms with Crippen LogP contribution in [0.5, 0.6) is 0 Å². The highest BCUT2D eigenvalue weighted by Gasteiger charge is 2.30. The Morgan fingerprint density at radius 2 is 1.41 bits per heavy atom. The van der Waals surface area contributed by atoms with Crippen molar-refractivity contribution in [2.24, 2.45) is 4.99 Å². The number of nitrogens with zero attached hydrogens (tertiary/aromatic N) is 1. The minimum Gasteiger partial charge on any atom is -0.356 e. The smallest absolute Gasteiger partial charge is 0.157 e. The lowest BCUT2D eigenvalue weighted by Crippen LogP contribution is -2.22. The Morgan fingerprint density at radius 3 is 1.91 bits per heavy atom. The van der Waals surface area contributed by atoms with Crippen molar-refractivity contribution in [2.45, 2.75) is 12.1 Å². The molecule has 2 nitrogen and oxygen atoms in total. The van der Waals surface area contributed by atoms with Gasteiger partial charge in [0.25, 0.3) is 0 Å². The Bertz CT molecular complexity index is 656. The van der Waals surface area contributed by atoms with Gasteiger partial charge in [0.05, 0.1) is 6.04 Å². The maximum atomic E-state index is 5.98. The number of amidine groups is 1. The zero-order chi connectivity index (χ0) is 14.8. The number of nitrogens with one attached hydrogen (secondary N) is 1. The van der Waals surface area contributed by atoms with E-state index >= 15 is 0 Å². The van der Waals surface area contributed by atoms with Crippen molar-refractivity contribution in [2.75, 3.05) is 6.26 Å². The highest BCUT2D eigenvalue weighted by atomic mass is 35.5. The van der Waals surface area contributed by atoms with E-state index in [0.29, 0.717) is 0 Å². The molecule has 0 aromatic heterocycles. The van der Waals surface area contributed by atoms with Gasteiger partial charge in [-0.1, -0.05) is 59.2 Å². The van der Waals surface area contributed by atoms with Crippen LogP contribution in [-0.4, -0.2) is 11.4 Å². The molecule has 0 saturated heterocycles. The second-order valence-corrected chi connectivity index (χ2v) is 6.48. The molecule has 0 radical (unpaired) electrons. The van der Waals surface area contributed by atoms with E-state index in [9.17, 15) is 0 Å². The molecule has 22 heavy (non-hydrogen) atoms. The fourth-order valence-electron chi connectivity index (χ4n) is 2.42. The van der Waals surface area contributed by atoms with E-state index in [1.165, 1.54) is 5.56 Å². The predicted molar refractivity (Wildman–Crippen MR) is 99.7 cm³/mol. The molecule has 3 rings (SSSR count). The van der Waals surface area contributed by atoms with Crippen molar-refractivity contribution in [1.82, 2.24) is 5.32 Å². The molecule has 0 saturated carbocycles. The molecule has 2 atom stereocenters. The highest BCUT2D eigenvalue weighted by molar-refractivity contribution is 8.13. The van der Waals surface area contributed by atoms with Crippen molar-refractivity contribution < 1.29 is 0 Å². The number of hydrogen-bond donors (Lipinski definition) is 1. The van der Waals surface area contributed by atoms with Gasteiger partial charge in [-0.3, -0.25) is 4.99 Å². The van der Waals surface area contributed by atoms with Gasteiger partial charge < -0.3 is 5.32 Å². The van der Waals surface area contributed by atoms with Gasteiger partial charge in [0, 0.05) is 10.0 Å². The van der Waals surface area contributed by atoms with Crippen molar-refractivity contribution >= 4 is 52.5 Å². The Labute approximate surface area is 150 Å². The van der Waals surface area contributed by atoms with Gasteiger partial charge in [0.15, 0.2) is 5.17 Å². The van der Waals surface area contributed by atoms with Gasteiger partial charge in [-0.15, -0.1) is 12.4 Å². The summed E-state index contributed by atoms with van der Waals surface area (Å²) in [5.74, 6) is 0. The summed E-state index contributed by atoms with van der Waals surface area (Å²) in [6.45, 7) is 0. The standard InChI is InChI=1S/C16H14Cl2N2S.ClH/c1-21-16-19-14(10-2-6-12(17)7-3-10)15(20-16)11-4-8-13(18)9-5-11;/h2-9,14-15H,1H3,(H,19,20);1H/t14-,15+;. The third-order valence-electron chi connectivity index (χ3n) is 3.49. The molecule has 2 aromatic rings. The molecule has 1 aliphatic heterocycles. The second-order valence-electron chi connectivity index (χ2n) is 4.81. The molecular formula is C16H15Cl3N2S. The molecule has 1 heterocycles. The van der Waals surface area contributed by atoms with Crippen LogP contribution in [0.25, 0.3) is 0 Å². The summed E-state index contributed by atoms with van der Waals surface area (Å²) in [5, 5.41) is 5.91. The van der Waals surface area contributed by atoms with Crippen LogP contribution in [0.3, 0.4) is 0 Å². The summed E-state index contributed by atoms with van der Waals surface area (Å²) in [7, 11) is 0. The van der Waals surface area contributed by atoms with E-state index in [0.717, 1.165) is 20.8 Å². The number of aliphatic imine (C=N–C) groups is 1. The largest absolute Gasteiger partial charge is 0.356 e. The van der Waals surface area contributed by atoms with Gasteiger partial charge in [-0.25, -0.2) is 0 Å². The quantitative estimate of drug-likeness (QED) is 0.749. The third-order valence-corrected chi connectivity index (χ3v) is 4.60.